The molecule has 2 rings (SSSR count). The van der Waals surface area contributed by atoms with E-state index < -0.39 is 9.84 Å². The third kappa shape index (κ3) is 8.48. The van der Waals surface area contributed by atoms with Crippen molar-refractivity contribution in [1.82, 2.24) is 16.0 Å². The van der Waals surface area contributed by atoms with Crippen LogP contribution in [-0.4, -0.2) is 70.7 Å². The maximum Gasteiger partial charge on any atom is 0.222 e. The van der Waals surface area contributed by atoms with E-state index in [1.165, 1.54) is 0 Å². The monoisotopic (exact) mass is 440 g/mol. The summed E-state index contributed by atoms with van der Waals surface area (Å²) in [6, 6.07) is 7.11. The Kier molecular flexibility index (Phi) is 9.22. The second-order valence-corrected chi connectivity index (χ2v) is 9.40. The van der Waals surface area contributed by atoms with E-state index >= 15 is 0 Å². The van der Waals surface area contributed by atoms with Crippen LogP contribution in [0.4, 0.5) is 0 Å². The number of carbonyl (C=O) groups excluding carboxylic acids is 1. The zero-order valence-electron chi connectivity index (χ0n) is 17.8. The van der Waals surface area contributed by atoms with Gasteiger partial charge in [-0.05, 0) is 32.4 Å². The highest BCUT2D eigenvalue weighted by Gasteiger charge is 2.28. The molecule has 1 amide bonds. The first-order valence-corrected chi connectivity index (χ1v) is 12.0. The fraction of sp³-hybridized carbons (Fsp3) is 0.600. The van der Waals surface area contributed by atoms with Crippen LogP contribution < -0.4 is 25.4 Å². The summed E-state index contributed by atoms with van der Waals surface area (Å²) in [5, 5.41) is 9.02. The largest absolute Gasteiger partial charge is 0.497 e. The van der Waals surface area contributed by atoms with Gasteiger partial charge in [0.2, 0.25) is 5.91 Å². The number of guanidine groups is 1. The number of hydrogen-bond acceptors (Lipinski definition) is 6. The van der Waals surface area contributed by atoms with Crippen LogP contribution in [-0.2, 0) is 14.6 Å². The smallest absolute Gasteiger partial charge is 0.222 e. The highest BCUT2D eigenvalue weighted by molar-refractivity contribution is 7.91. The summed E-state index contributed by atoms with van der Waals surface area (Å²) >= 11 is 0. The topological polar surface area (TPSA) is 118 Å². The lowest BCUT2D eigenvalue weighted by molar-refractivity contribution is -0.121. The number of aliphatic imine (C=N–C) groups is 1. The van der Waals surface area contributed by atoms with Gasteiger partial charge in [-0.2, -0.15) is 0 Å². The standard InChI is InChI=1S/C20H32N4O5S/c1-4-21-20(22-10-8-19(25)24-16-9-11-30(26,27)14-16)23-13-15(2)29-18-7-5-6-17(12-18)28-3/h5-7,12,15-16H,4,8-11,13-14H2,1-3H3,(H,24,25)(H2,21,22,23). The van der Waals surface area contributed by atoms with Crippen LogP contribution in [0.5, 0.6) is 11.5 Å². The van der Waals surface area contributed by atoms with Gasteiger partial charge in [0.05, 0.1) is 25.2 Å². The van der Waals surface area contributed by atoms with E-state index in [0.29, 0.717) is 37.8 Å². The fourth-order valence-corrected chi connectivity index (χ4v) is 4.68. The first-order valence-electron chi connectivity index (χ1n) is 10.1. The first-order chi connectivity index (χ1) is 14.3. The van der Waals surface area contributed by atoms with Gasteiger partial charge in [0.1, 0.15) is 17.6 Å². The Labute approximate surface area is 178 Å². The van der Waals surface area contributed by atoms with Crippen LogP contribution >= 0.6 is 0 Å². The molecule has 10 heteroatoms. The maximum atomic E-state index is 12.0. The van der Waals surface area contributed by atoms with Gasteiger partial charge in [-0.1, -0.05) is 6.07 Å². The fourth-order valence-electron chi connectivity index (χ4n) is 3.01. The molecular formula is C20H32N4O5S. The van der Waals surface area contributed by atoms with E-state index in [2.05, 4.69) is 20.9 Å². The zero-order chi connectivity index (χ0) is 22.0. The summed E-state index contributed by atoms with van der Waals surface area (Å²) in [5.74, 6) is 2.03. The Morgan fingerprint density at radius 1 is 1.30 bits per heavy atom. The van der Waals surface area contributed by atoms with Crippen molar-refractivity contribution in [2.75, 3.05) is 38.2 Å². The molecule has 0 spiro atoms. The van der Waals surface area contributed by atoms with Gasteiger partial charge in [-0.15, -0.1) is 0 Å². The number of sulfone groups is 1. The molecule has 0 saturated carbocycles. The molecule has 3 N–H and O–H groups in total. The number of methoxy groups -OCH3 is 1. The van der Waals surface area contributed by atoms with E-state index in [0.717, 1.165) is 5.75 Å². The van der Waals surface area contributed by atoms with Gasteiger partial charge < -0.3 is 25.4 Å². The van der Waals surface area contributed by atoms with E-state index in [4.69, 9.17) is 9.47 Å². The lowest BCUT2D eigenvalue weighted by atomic mass is 10.2. The third-order valence-corrected chi connectivity index (χ3v) is 6.24. The molecule has 2 atom stereocenters. The molecule has 1 fully saturated rings. The predicted molar refractivity (Wildman–Crippen MR) is 117 cm³/mol. The highest BCUT2D eigenvalue weighted by Crippen LogP contribution is 2.19. The molecule has 0 aromatic heterocycles. The van der Waals surface area contributed by atoms with E-state index in [-0.39, 0.29) is 36.0 Å². The van der Waals surface area contributed by atoms with Gasteiger partial charge in [0.25, 0.3) is 0 Å². The molecule has 1 heterocycles. The maximum absolute atomic E-state index is 12.0. The summed E-state index contributed by atoms with van der Waals surface area (Å²) in [4.78, 5) is 16.5. The van der Waals surface area contributed by atoms with Gasteiger partial charge >= 0.3 is 0 Å². The lowest BCUT2D eigenvalue weighted by Gasteiger charge is -2.16. The molecule has 1 aromatic rings. The van der Waals surface area contributed by atoms with Crippen LogP contribution in [0.2, 0.25) is 0 Å². The number of benzene rings is 1. The van der Waals surface area contributed by atoms with E-state index in [1.54, 1.807) is 7.11 Å². The number of amides is 1. The van der Waals surface area contributed by atoms with Gasteiger partial charge in [-0.3, -0.25) is 4.79 Å². The Hall–Kier alpha value is -2.49. The molecule has 0 bridgehead atoms. The second kappa shape index (κ2) is 11.6. The normalized spacial score (nSPS) is 19.0. The molecule has 30 heavy (non-hydrogen) atoms. The number of rotatable bonds is 10. The lowest BCUT2D eigenvalue weighted by Crippen LogP contribution is -2.41. The van der Waals surface area contributed by atoms with Gasteiger partial charge in [0, 0.05) is 31.6 Å². The van der Waals surface area contributed by atoms with Crippen molar-refractivity contribution < 1.29 is 22.7 Å². The molecule has 9 nitrogen and oxygen atoms in total. The van der Waals surface area contributed by atoms with Crippen molar-refractivity contribution >= 4 is 21.7 Å². The Morgan fingerprint density at radius 2 is 2.07 bits per heavy atom. The summed E-state index contributed by atoms with van der Waals surface area (Å²) in [6.45, 7) is 5.39. The third-order valence-electron chi connectivity index (χ3n) is 4.47. The highest BCUT2D eigenvalue weighted by atomic mass is 32.2. The van der Waals surface area contributed by atoms with Crippen LogP contribution in [0.1, 0.15) is 26.7 Å². The Bertz CT molecular complexity index is 828. The predicted octanol–water partition coefficient (Wildman–Crippen LogP) is 0.711. The average Bonchev–Trinajstić information content (AvgIpc) is 3.04. The van der Waals surface area contributed by atoms with Crippen molar-refractivity contribution in [2.45, 2.75) is 38.8 Å². The van der Waals surface area contributed by atoms with Crippen LogP contribution in [0.15, 0.2) is 29.3 Å². The number of ether oxygens (including phenoxy) is 2. The van der Waals surface area contributed by atoms with Crippen LogP contribution in [0, 0.1) is 0 Å². The summed E-state index contributed by atoms with van der Waals surface area (Å²) in [7, 11) is -1.39. The van der Waals surface area contributed by atoms with E-state index in [1.807, 2.05) is 38.1 Å². The molecule has 0 radical (unpaired) electrons. The van der Waals surface area contributed by atoms with Crippen LogP contribution in [0.25, 0.3) is 0 Å². The average molecular weight is 441 g/mol. The van der Waals surface area contributed by atoms with E-state index in [9.17, 15) is 13.2 Å². The molecule has 1 aromatic carbocycles. The van der Waals surface area contributed by atoms with Gasteiger partial charge in [-0.25, -0.2) is 13.4 Å². The minimum Gasteiger partial charge on any atom is -0.497 e. The SMILES string of the molecule is CCNC(=NCC(C)Oc1cccc(OC)c1)NCCC(=O)NC1CCS(=O)(=O)C1. The summed E-state index contributed by atoms with van der Waals surface area (Å²) in [5.41, 5.74) is 0. The number of nitrogens with one attached hydrogen (secondary N) is 3. The molecule has 1 aliphatic rings. The van der Waals surface area contributed by atoms with Crippen molar-refractivity contribution in [3.63, 3.8) is 0 Å². The Balaban J connectivity index is 1.75. The molecule has 0 aliphatic carbocycles. The minimum atomic E-state index is -3.00. The van der Waals surface area contributed by atoms with Crippen molar-refractivity contribution in [3.8, 4) is 11.5 Å². The molecule has 1 saturated heterocycles. The van der Waals surface area contributed by atoms with Crippen molar-refractivity contribution in [1.29, 1.82) is 0 Å². The molecule has 168 valence electrons. The quantitative estimate of drug-likeness (QED) is 0.362. The number of hydrogen-bond donors (Lipinski definition) is 3. The minimum absolute atomic E-state index is 0.0292. The van der Waals surface area contributed by atoms with Gasteiger partial charge in [0.15, 0.2) is 15.8 Å². The Morgan fingerprint density at radius 3 is 2.73 bits per heavy atom. The summed E-state index contributed by atoms with van der Waals surface area (Å²) < 4.78 is 34.0. The second-order valence-electron chi connectivity index (χ2n) is 7.17. The molecule has 1 aliphatic heterocycles. The van der Waals surface area contributed by atoms with Crippen LogP contribution in [0.3, 0.4) is 0 Å². The molecular weight excluding hydrogens is 408 g/mol. The first kappa shape index (κ1) is 23.8. The van der Waals surface area contributed by atoms with Crippen molar-refractivity contribution in [3.05, 3.63) is 24.3 Å². The van der Waals surface area contributed by atoms with Crippen molar-refractivity contribution in [2.24, 2.45) is 4.99 Å². The molecule has 2 unspecified atom stereocenters. The number of carbonyl (C=O) groups is 1. The number of nitrogens with zero attached hydrogens (tertiary/aromatic N) is 1. The zero-order valence-corrected chi connectivity index (χ0v) is 18.6. The summed E-state index contributed by atoms with van der Waals surface area (Å²) in [6.07, 6.45) is 0.563.